The van der Waals surface area contributed by atoms with Gasteiger partial charge in [-0.1, -0.05) is 17.8 Å². The lowest BCUT2D eigenvalue weighted by molar-refractivity contribution is -0.143. The van der Waals surface area contributed by atoms with Gasteiger partial charge in [-0.25, -0.2) is 9.78 Å². The zero-order chi connectivity index (χ0) is 15.0. The minimum Gasteiger partial charge on any atom is -0.477 e. The number of hydrogen-bond acceptors (Lipinski definition) is 6. The molecule has 1 amide bonds. The molecule has 0 saturated heterocycles. The van der Waals surface area contributed by atoms with E-state index in [2.05, 4.69) is 15.0 Å². The van der Waals surface area contributed by atoms with Crippen molar-refractivity contribution in [2.45, 2.75) is 11.9 Å². The predicted molar refractivity (Wildman–Crippen MR) is 71.6 cm³/mol. The molecule has 1 aromatic heterocycles. The second-order valence-corrected chi connectivity index (χ2v) is 4.53. The molecule has 0 fully saturated rings. The van der Waals surface area contributed by atoms with E-state index in [-0.39, 0.29) is 30.5 Å². The number of nitrogens with one attached hydrogen (secondary N) is 1. The van der Waals surface area contributed by atoms with Crippen molar-refractivity contribution < 1.29 is 24.2 Å². The van der Waals surface area contributed by atoms with Crippen LogP contribution in [0, 0.1) is 0 Å². The number of aromatic carboxylic acids is 1. The average Bonchev–Trinajstić information content (AvgIpc) is 2.43. The number of ether oxygens (including phenoxy) is 1. The second kappa shape index (κ2) is 8.16. The van der Waals surface area contributed by atoms with Crippen molar-refractivity contribution in [2.75, 3.05) is 18.9 Å². The summed E-state index contributed by atoms with van der Waals surface area (Å²) in [6.07, 6.45) is 0. The van der Waals surface area contributed by atoms with E-state index < -0.39 is 11.9 Å². The Bertz CT molecular complexity index is 506. The minimum absolute atomic E-state index is 0.0372. The third kappa shape index (κ3) is 5.70. The molecule has 0 unspecified atom stereocenters. The molecule has 0 radical (unpaired) electrons. The molecule has 0 aromatic carbocycles. The molecule has 0 aliphatic carbocycles. The third-order valence-corrected chi connectivity index (χ3v) is 2.96. The van der Waals surface area contributed by atoms with Crippen LogP contribution in [0.2, 0.25) is 0 Å². The van der Waals surface area contributed by atoms with Gasteiger partial charge in [0.1, 0.15) is 12.2 Å². The van der Waals surface area contributed by atoms with Crippen LogP contribution >= 0.6 is 11.8 Å². The van der Waals surface area contributed by atoms with Gasteiger partial charge in [0.2, 0.25) is 5.91 Å². The Labute approximate surface area is 119 Å². The fraction of sp³-hybridized carbons (Fsp3) is 0.333. The van der Waals surface area contributed by atoms with Gasteiger partial charge in [-0.15, -0.1) is 0 Å². The number of rotatable bonds is 7. The van der Waals surface area contributed by atoms with Crippen LogP contribution in [0.4, 0.5) is 0 Å². The number of carboxylic acid groups (broad SMARTS) is 1. The van der Waals surface area contributed by atoms with Gasteiger partial charge in [-0.2, -0.15) is 0 Å². The first-order chi connectivity index (χ1) is 9.52. The van der Waals surface area contributed by atoms with E-state index in [1.807, 2.05) is 0 Å². The summed E-state index contributed by atoms with van der Waals surface area (Å²) in [6, 6.07) is 4.53. The smallest absolute Gasteiger partial charge is 0.354 e. The summed E-state index contributed by atoms with van der Waals surface area (Å²) in [6.45, 7) is 1.75. The highest BCUT2D eigenvalue weighted by atomic mass is 32.2. The van der Waals surface area contributed by atoms with Gasteiger partial charge < -0.3 is 15.2 Å². The molecule has 0 saturated carbocycles. The van der Waals surface area contributed by atoms with Gasteiger partial charge in [-0.05, 0) is 19.1 Å². The van der Waals surface area contributed by atoms with Crippen molar-refractivity contribution in [2.24, 2.45) is 0 Å². The van der Waals surface area contributed by atoms with Crippen molar-refractivity contribution in [1.82, 2.24) is 10.3 Å². The number of carbonyl (C=O) groups is 3. The molecule has 0 spiro atoms. The number of pyridine rings is 1. The van der Waals surface area contributed by atoms with Gasteiger partial charge >= 0.3 is 11.9 Å². The molecule has 0 aliphatic heterocycles. The van der Waals surface area contributed by atoms with Gasteiger partial charge in [0.15, 0.2) is 0 Å². The van der Waals surface area contributed by atoms with Crippen molar-refractivity contribution >= 4 is 29.6 Å². The Balaban J connectivity index is 2.39. The highest BCUT2D eigenvalue weighted by molar-refractivity contribution is 7.99. The zero-order valence-corrected chi connectivity index (χ0v) is 11.6. The molecule has 0 aliphatic rings. The van der Waals surface area contributed by atoms with Crippen molar-refractivity contribution in [3.63, 3.8) is 0 Å². The summed E-state index contributed by atoms with van der Waals surface area (Å²) in [4.78, 5) is 37.1. The number of hydrogen-bond donors (Lipinski definition) is 2. The van der Waals surface area contributed by atoms with Crippen LogP contribution in [-0.4, -0.2) is 46.8 Å². The highest BCUT2D eigenvalue weighted by Crippen LogP contribution is 2.15. The molecule has 0 atom stereocenters. The molecule has 1 heterocycles. The van der Waals surface area contributed by atoms with E-state index in [9.17, 15) is 14.4 Å². The van der Waals surface area contributed by atoms with Gasteiger partial charge in [0, 0.05) is 0 Å². The largest absolute Gasteiger partial charge is 0.477 e. The third-order valence-electron chi connectivity index (χ3n) is 2.03. The van der Waals surface area contributed by atoms with E-state index in [4.69, 9.17) is 5.11 Å². The number of amides is 1. The molecule has 108 valence electrons. The van der Waals surface area contributed by atoms with E-state index >= 15 is 0 Å². The molecule has 20 heavy (non-hydrogen) atoms. The first-order valence-corrected chi connectivity index (χ1v) is 6.77. The number of carboxylic acids is 1. The molecule has 0 bridgehead atoms. The fourth-order valence-corrected chi connectivity index (χ4v) is 1.91. The maximum absolute atomic E-state index is 11.5. The lowest BCUT2D eigenvalue weighted by Crippen LogP contribution is -2.31. The van der Waals surface area contributed by atoms with Crippen LogP contribution in [0.1, 0.15) is 17.4 Å². The summed E-state index contributed by atoms with van der Waals surface area (Å²) in [5.74, 6) is -1.95. The van der Waals surface area contributed by atoms with E-state index in [1.165, 1.54) is 6.07 Å². The fourth-order valence-electron chi connectivity index (χ4n) is 1.19. The molecule has 2 N–H and O–H groups in total. The summed E-state index contributed by atoms with van der Waals surface area (Å²) in [5, 5.41) is 11.6. The summed E-state index contributed by atoms with van der Waals surface area (Å²) < 4.78 is 4.66. The standard InChI is InChI=1S/C12H14N2O5S/c1-2-19-11(16)6-13-9(15)7-20-10-5-3-4-8(14-10)12(17)18/h3-5H,2,6-7H2,1H3,(H,13,15)(H,17,18). The molecule has 1 rings (SSSR count). The lowest BCUT2D eigenvalue weighted by atomic mass is 10.4. The van der Waals surface area contributed by atoms with Crippen LogP contribution in [0.25, 0.3) is 0 Å². The first kappa shape index (κ1) is 16.0. The van der Waals surface area contributed by atoms with Crippen LogP contribution in [0.5, 0.6) is 0 Å². The molecular formula is C12H14N2O5S. The SMILES string of the molecule is CCOC(=O)CNC(=O)CSc1cccc(C(=O)O)n1. The van der Waals surface area contributed by atoms with Crippen molar-refractivity contribution in [3.8, 4) is 0 Å². The summed E-state index contributed by atoms with van der Waals surface area (Å²) in [5.41, 5.74) is -0.0815. The monoisotopic (exact) mass is 298 g/mol. The topological polar surface area (TPSA) is 106 Å². The molecule has 8 heteroatoms. The van der Waals surface area contributed by atoms with Gasteiger partial charge in [0.25, 0.3) is 0 Å². The molecule has 7 nitrogen and oxygen atoms in total. The number of esters is 1. The number of carbonyl (C=O) groups excluding carboxylic acids is 2. The minimum atomic E-state index is -1.13. The van der Waals surface area contributed by atoms with Gasteiger partial charge in [-0.3, -0.25) is 9.59 Å². The number of aromatic nitrogens is 1. The Morgan fingerprint density at radius 3 is 2.80 bits per heavy atom. The van der Waals surface area contributed by atoms with Crippen molar-refractivity contribution in [1.29, 1.82) is 0 Å². The predicted octanol–water partition coefficient (Wildman–Crippen LogP) is 0.551. The summed E-state index contributed by atoms with van der Waals surface area (Å²) >= 11 is 1.09. The Hall–Kier alpha value is -2.09. The maximum Gasteiger partial charge on any atom is 0.354 e. The highest BCUT2D eigenvalue weighted by Gasteiger charge is 2.09. The molecular weight excluding hydrogens is 284 g/mol. The normalized spacial score (nSPS) is 9.85. The maximum atomic E-state index is 11.5. The second-order valence-electron chi connectivity index (χ2n) is 3.54. The van der Waals surface area contributed by atoms with Crippen LogP contribution in [-0.2, 0) is 14.3 Å². The Morgan fingerprint density at radius 2 is 2.15 bits per heavy atom. The Morgan fingerprint density at radius 1 is 1.40 bits per heavy atom. The van der Waals surface area contributed by atoms with E-state index in [0.29, 0.717) is 5.03 Å². The molecule has 1 aromatic rings. The number of thioether (sulfide) groups is 1. The van der Waals surface area contributed by atoms with Crippen LogP contribution < -0.4 is 5.32 Å². The summed E-state index contributed by atoms with van der Waals surface area (Å²) in [7, 11) is 0. The number of nitrogens with zero attached hydrogens (tertiary/aromatic N) is 1. The van der Waals surface area contributed by atoms with Gasteiger partial charge in [0.05, 0.1) is 17.4 Å². The van der Waals surface area contributed by atoms with Crippen LogP contribution in [0.3, 0.4) is 0 Å². The van der Waals surface area contributed by atoms with Crippen molar-refractivity contribution in [3.05, 3.63) is 23.9 Å². The lowest BCUT2D eigenvalue weighted by Gasteiger charge is -2.05. The van der Waals surface area contributed by atoms with Crippen LogP contribution in [0.15, 0.2) is 23.2 Å². The first-order valence-electron chi connectivity index (χ1n) is 5.78. The van der Waals surface area contributed by atoms with E-state index in [0.717, 1.165) is 11.8 Å². The average molecular weight is 298 g/mol. The quantitative estimate of drug-likeness (QED) is 0.559. The zero-order valence-electron chi connectivity index (χ0n) is 10.8. The van der Waals surface area contributed by atoms with E-state index in [1.54, 1.807) is 19.1 Å². The Kier molecular flexibility index (Phi) is 6.51.